The number of nitrogens with one attached hydrogen (secondary N) is 2. The second-order valence-electron chi connectivity index (χ2n) is 10.4. The highest BCUT2D eigenvalue weighted by molar-refractivity contribution is 5.88. The summed E-state index contributed by atoms with van der Waals surface area (Å²) in [4.78, 5) is 78.3. The standard InChI is InChI=1S/C30H38N6O8/c1-3-43-29(41)23-11-7-13-33(23)27(39)17-25-21(19-37)9-5-15-35(25)31-32-36-16-6-10-22(20-38)26(36)18-28(40)34-14-8-12-24(34)30(42)44-4-2/h5-6,9-10,15-16,19-20,23-24,31-32H,3-4,7-8,11-14,17-18H2,1-2H3/q+2. The average Bonchev–Trinajstić information content (AvgIpc) is 3.72. The van der Waals surface area contributed by atoms with Crippen LogP contribution in [0.1, 0.15) is 71.6 Å². The van der Waals surface area contributed by atoms with Crippen molar-refractivity contribution in [3.8, 4) is 0 Å². The molecule has 0 bridgehead atoms. The van der Waals surface area contributed by atoms with E-state index in [9.17, 15) is 28.8 Å². The summed E-state index contributed by atoms with van der Waals surface area (Å²) < 4.78 is 13.2. The van der Waals surface area contributed by atoms with Crippen LogP contribution in [0.15, 0.2) is 36.7 Å². The molecule has 0 spiro atoms. The van der Waals surface area contributed by atoms with Crippen LogP contribution in [-0.4, -0.2) is 84.5 Å². The third-order valence-electron chi connectivity index (χ3n) is 7.72. The predicted molar refractivity (Wildman–Crippen MR) is 153 cm³/mol. The Morgan fingerprint density at radius 1 is 0.773 bits per heavy atom. The zero-order valence-corrected chi connectivity index (χ0v) is 24.9. The van der Waals surface area contributed by atoms with Gasteiger partial charge in [0.05, 0.1) is 24.3 Å². The fraction of sp³-hybridized carbons (Fsp3) is 0.467. The maximum Gasteiger partial charge on any atom is 0.328 e. The van der Waals surface area contributed by atoms with Crippen LogP contribution in [0, 0.1) is 0 Å². The second-order valence-corrected chi connectivity index (χ2v) is 10.4. The van der Waals surface area contributed by atoms with Crippen LogP contribution in [0.4, 0.5) is 0 Å². The summed E-state index contributed by atoms with van der Waals surface area (Å²) in [7, 11) is 0. The third kappa shape index (κ3) is 7.18. The lowest BCUT2D eigenvalue weighted by Gasteiger charge is -2.23. The molecule has 0 saturated carbocycles. The highest BCUT2D eigenvalue weighted by Gasteiger charge is 2.38. The van der Waals surface area contributed by atoms with Crippen LogP contribution < -0.4 is 20.4 Å². The molecule has 2 atom stereocenters. The first-order valence-electron chi connectivity index (χ1n) is 14.7. The van der Waals surface area contributed by atoms with Gasteiger partial charge >= 0.3 is 11.9 Å². The molecule has 14 nitrogen and oxygen atoms in total. The van der Waals surface area contributed by atoms with Crippen LogP contribution in [0.2, 0.25) is 0 Å². The number of carbonyl (C=O) groups excluding carboxylic acids is 6. The lowest BCUT2D eigenvalue weighted by atomic mass is 10.1. The summed E-state index contributed by atoms with van der Waals surface area (Å²) in [5, 5.41) is 0. The van der Waals surface area contributed by atoms with Gasteiger partial charge in [-0.2, -0.15) is 0 Å². The van der Waals surface area contributed by atoms with E-state index >= 15 is 0 Å². The fourth-order valence-corrected chi connectivity index (χ4v) is 5.61. The molecule has 2 unspecified atom stereocenters. The normalized spacial score (nSPS) is 17.6. The lowest BCUT2D eigenvalue weighted by molar-refractivity contribution is -0.718. The van der Waals surface area contributed by atoms with Gasteiger partial charge in [0, 0.05) is 25.2 Å². The minimum atomic E-state index is -0.675. The van der Waals surface area contributed by atoms with E-state index in [2.05, 4.69) is 11.1 Å². The van der Waals surface area contributed by atoms with Gasteiger partial charge < -0.3 is 19.3 Å². The number of hydrogen-bond donors (Lipinski definition) is 2. The molecule has 2 saturated heterocycles. The summed E-state index contributed by atoms with van der Waals surface area (Å²) in [6, 6.07) is 5.02. The molecular formula is C30H38N6O8+2. The summed E-state index contributed by atoms with van der Waals surface area (Å²) in [5.74, 6) is -1.58. The summed E-state index contributed by atoms with van der Waals surface area (Å²) in [6.07, 6.45) is 6.41. The largest absolute Gasteiger partial charge is 0.464 e. The molecule has 2 aliphatic rings. The number of carbonyl (C=O) groups is 6. The minimum Gasteiger partial charge on any atom is -0.464 e. The molecular weight excluding hydrogens is 572 g/mol. The smallest absolute Gasteiger partial charge is 0.328 e. The van der Waals surface area contributed by atoms with Gasteiger partial charge in [-0.3, -0.25) is 19.2 Å². The topological polar surface area (TPSA) is 159 Å². The van der Waals surface area contributed by atoms with E-state index in [0.29, 0.717) is 62.7 Å². The van der Waals surface area contributed by atoms with E-state index in [1.807, 2.05) is 0 Å². The van der Waals surface area contributed by atoms with Crippen molar-refractivity contribution in [2.75, 3.05) is 37.4 Å². The first-order valence-corrected chi connectivity index (χ1v) is 14.7. The van der Waals surface area contributed by atoms with Gasteiger partial charge in [0.2, 0.25) is 35.6 Å². The van der Waals surface area contributed by atoms with Gasteiger partial charge in [-0.25, -0.2) is 9.59 Å². The van der Waals surface area contributed by atoms with Crippen molar-refractivity contribution in [2.45, 2.75) is 64.5 Å². The number of amides is 2. The van der Waals surface area contributed by atoms with Crippen LogP contribution >= 0.6 is 0 Å². The zero-order valence-electron chi connectivity index (χ0n) is 24.9. The number of pyridine rings is 2. The Bertz CT molecular complexity index is 1310. The van der Waals surface area contributed by atoms with E-state index < -0.39 is 24.0 Å². The lowest BCUT2D eigenvalue weighted by Crippen LogP contribution is -2.64. The number of hydrogen-bond acceptors (Lipinski definition) is 10. The number of aromatic nitrogens is 2. The van der Waals surface area contributed by atoms with Crippen molar-refractivity contribution in [3.63, 3.8) is 0 Å². The Morgan fingerprint density at radius 3 is 1.55 bits per heavy atom. The Kier molecular flexibility index (Phi) is 10.9. The molecule has 2 fully saturated rings. The molecule has 0 radical (unpaired) electrons. The number of aldehydes is 2. The SMILES string of the molecule is CCOC(=O)C1CCCN1C(=O)Cc1c(C=O)ccc[n+]1NN[n+]1cccc(C=O)c1CC(=O)N1CCCC1C(=O)OCC. The summed E-state index contributed by atoms with van der Waals surface area (Å²) in [6.45, 7) is 4.63. The first-order chi connectivity index (χ1) is 21.3. The van der Waals surface area contributed by atoms with E-state index in [0.717, 1.165) is 0 Å². The summed E-state index contributed by atoms with van der Waals surface area (Å²) >= 11 is 0. The number of hydrazine groups is 1. The molecule has 234 valence electrons. The molecule has 0 aromatic carbocycles. The second kappa shape index (κ2) is 15.0. The molecule has 0 aliphatic carbocycles. The highest BCUT2D eigenvalue weighted by atomic mass is 16.5. The van der Waals surface area contributed by atoms with Crippen LogP contribution in [0.25, 0.3) is 0 Å². The predicted octanol–water partition coefficient (Wildman–Crippen LogP) is -0.218. The number of esters is 2. The molecule has 2 aromatic rings. The van der Waals surface area contributed by atoms with Crippen molar-refractivity contribution in [1.82, 2.24) is 9.80 Å². The molecule has 2 amide bonds. The number of nitrogens with zero attached hydrogens (tertiary/aromatic N) is 4. The molecule has 4 rings (SSSR count). The van der Waals surface area contributed by atoms with Crippen molar-refractivity contribution >= 4 is 36.3 Å². The minimum absolute atomic E-state index is 0.186. The highest BCUT2D eigenvalue weighted by Crippen LogP contribution is 2.21. The maximum atomic E-state index is 13.4. The number of likely N-dealkylation sites (tertiary alicyclic amines) is 2. The van der Waals surface area contributed by atoms with Gasteiger partial charge in [0.1, 0.15) is 24.9 Å². The van der Waals surface area contributed by atoms with Crippen LogP contribution in [0.5, 0.6) is 0 Å². The Balaban J connectivity index is 1.54. The van der Waals surface area contributed by atoms with Gasteiger partial charge in [0.25, 0.3) is 0 Å². The molecule has 14 heteroatoms. The van der Waals surface area contributed by atoms with Gasteiger partial charge in [-0.1, -0.05) is 9.35 Å². The molecule has 2 aliphatic heterocycles. The van der Waals surface area contributed by atoms with E-state index in [1.54, 1.807) is 50.5 Å². The quantitative estimate of drug-likeness (QED) is 0.134. The molecule has 2 N–H and O–H groups in total. The summed E-state index contributed by atoms with van der Waals surface area (Å²) in [5.41, 5.74) is 7.01. The molecule has 2 aromatic heterocycles. The maximum absolute atomic E-state index is 13.4. The molecule has 44 heavy (non-hydrogen) atoms. The monoisotopic (exact) mass is 610 g/mol. The van der Waals surface area contributed by atoms with Crippen molar-refractivity contribution in [1.29, 1.82) is 0 Å². The fourth-order valence-electron chi connectivity index (χ4n) is 5.61. The Labute approximate surface area is 254 Å². The number of rotatable bonds is 13. The van der Waals surface area contributed by atoms with E-state index in [-0.39, 0.29) is 49.0 Å². The third-order valence-corrected chi connectivity index (χ3v) is 7.72. The van der Waals surface area contributed by atoms with Gasteiger partial charge in [-0.15, -0.1) is 0 Å². The van der Waals surface area contributed by atoms with E-state index in [1.165, 1.54) is 19.2 Å². The van der Waals surface area contributed by atoms with Crippen LogP contribution in [0.3, 0.4) is 0 Å². The van der Waals surface area contributed by atoms with Gasteiger partial charge in [0.15, 0.2) is 12.6 Å². The first kappa shape index (κ1) is 32.0. The average molecular weight is 611 g/mol. The van der Waals surface area contributed by atoms with Gasteiger partial charge in [-0.05, 0) is 62.7 Å². The zero-order chi connectivity index (χ0) is 31.6. The Hall–Kier alpha value is -4.88. The molecule has 4 heterocycles. The van der Waals surface area contributed by atoms with E-state index in [4.69, 9.17) is 9.47 Å². The van der Waals surface area contributed by atoms with Crippen LogP contribution in [-0.2, 0) is 41.5 Å². The van der Waals surface area contributed by atoms with Crippen molar-refractivity contribution < 1.29 is 47.6 Å². The number of ether oxygens (including phenoxy) is 2. The van der Waals surface area contributed by atoms with Crippen molar-refractivity contribution in [2.24, 2.45) is 0 Å². The van der Waals surface area contributed by atoms with Crippen molar-refractivity contribution in [3.05, 3.63) is 59.2 Å². The Morgan fingerprint density at radius 2 is 1.18 bits per heavy atom.